The van der Waals surface area contributed by atoms with Gasteiger partial charge < -0.3 is 15.6 Å². The molecule has 110 valence electrons. The first-order valence-electron chi connectivity index (χ1n) is 6.89. The zero-order valence-corrected chi connectivity index (χ0v) is 11.8. The van der Waals surface area contributed by atoms with Crippen LogP contribution in [0.5, 0.6) is 5.75 Å². The molecule has 1 aromatic carbocycles. The van der Waals surface area contributed by atoms with Gasteiger partial charge in [-0.05, 0) is 31.0 Å². The number of ether oxygens (including phenoxy) is 1. The van der Waals surface area contributed by atoms with E-state index < -0.39 is 5.60 Å². The molecule has 1 fully saturated rings. The number of aryl methyl sites for hydroxylation is 1. The van der Waals surface area contributed by atoms with Gasteiger partial charge in [0.1, 0.15) is 18.0 Å². The van der Waals surface area contributed by atoms with E-state index in [0.717, 1.165) is 17.9 Å². The van der Waals surface area contributed by atoms with E-state index >= 15 is 0 Å². The van der Waals surface area contributed by atoms with Gasteiger partial charge in [-0.15, -0.1) is 0 Å². The minimum atomic E-state index is -0.846. The molecule has 5 nitrogen and oxygen atoms in total. The molecule has 0 unspecified atom stereocenters. The number of nitrogens with zero attached hydrogens (tertiary/aromatic N) is 1. The average Bonchev–Trinajstić information content (AvgIpc) is 2.77. The Morgan fingerprint density at radius 3 is 3.05 bits per heavy atom. The smallest absolute Gasteiger partial charge is 0.218 e. The van der Waals surface area contributed by atoms with Crippen molar-refractivity contribution < 1.29 is 14.6 Å². The number of carbonyl (C=O) groups is 1. The van der Waals surface area contributed by atoms with E-state index in [1.165, 1.54) is 0 Å². The maximum atomic E-state index is 10.8. The molecule has 0 spiro atoms. The zero-order valence-electron chi connectivity index (χ0n) is 11.8. The monoisotopic (exact) mass is 278 g/mol. The number of hydrogen-bond acceptors (Lipinski definition) is 4. The van der Waals surface area contributed by atoms with Crippen LogP contribution in [0.15, 0.2) is 24.3 Å². The van der Waals surface area contributed by atoms with Gasteiger partial charge in [0.15, 0.2) is 0 Å². The Labute approximate surface area is 119 Å². The molecule has 3 N–H and O–H groups in total. The molecule has 1 heterocycles. The van der Waals surface area contributed by atoms with Crippen molar-refractivity contribution in [1.82, 2.24) is 4.90 Å². The fourth-order valence-corrected chi connectivity index (χ4v) is 2.44. The van der Waals surface area contributed by atoms with Gasteiger partial charge in [-0.3, -0.25) is 9.69 Å². The van der Waals surface area contributed by atoms with Crippen LogP contribution in [0.3, 0.4) is 0 Å². The predicted octanol–water partition coefficient (Wildman–Crippen LogP) is 0.686. The van der Waals surface area contributed by atoms with Crippen molar-refractivity contribution in [2.45, 2.75) is 25.4 Å². The molecular formula is C15H22N2O3. The number of likely N-dealkylation sites (tertiary alicyclic amines) is 1. The van der Waals surface area contributed by atoms with Crippen molar-refractivity contribution in [2.24, 2.45) is 5.73 Å². The highest BCUT2D eigenvalue weighted by molar-refractivity contribution is 5.73. The second kappa shape index (κ2) is 6.24. The maximum Gasteiger partial charge on any atom is 0.218 e. The summed E-state index contributed by atoms with van der Waals surface area (Å²) in [5, 5.41) is 10.5. The molecule has 1 atom stereocenters. The van der Waals surface area contributed by atoms with Gasteiger partial charge in [-0.25, -0.2) is 0 Å². The number of β-amino-alcohol motifs (C(OH)–C–C–N with tert-alkyl or cyclic N) is 1. The summed E-state index contributed by atoms with van der Waals surface area (Å²) in [4.78, 5) is 12.8. The van der Waals surface area contributed by atoms with Crippen molar-refractivity contribution in [2.75, 3.05) is 26.2 Å². The van der Waals surface area contributed by atoms with Crippen LogP contribution in [0.4, 0.5) is 0 Å². The van der Waals surface area contributed by atoms with Crippen molar-refractivity contribution >= 4 is 5.91 Å². The molecule has 1 aromatic rings. The largest absolute Gasteiger partial charge is 0.491 e. The molecule has 1 saturated heterocycles. The van der Waals surface area contributed by atoms with E-state index in [1.54, 1.807) is 0 Å². The van der Waals surface area contributed by atoms with Crippen LogP contribution in [0.2, 0.25) is 0 Å². The lowest BCUT2D eigenvalue weighted by atomic mass is 10.1. The maximum absolute atomic E-state index is 10.8. The fourth-order valence-electron chi connectivity index (χ4n) is 2.44. The number of rotatable bonds is 6. The summed E-state index contributed by atoms with van der Waals surface area (Å²) in [6.07, 6.45) is 0.979. The number of aliphatic hydroxyl groups is 1. The highest BCUT2D eigenvalue weighted by Crippen LogP contribution is 2.23. The van der Waals surface area contributed by atoms with Crippen LogP contribution in [0.1, 0.15) is 18.4 Å². The van der Waals surface area contributed by atoms with Gasteiger partial charge in [-0.1, -0.05) is 12.1 Å². The lowest BCUT2D eigenvalue weighted by Crippen LogP contribution is -2.39. The van der Waals surface area contributed by atoms with Gasteiger partial charge in [-0.2, -0.15) is 0 Å². The predicted molar refractivity (Wildman–Crippen MR) is 76.5 cm³/mol. The lowest BCUT2D eigenvalue weighted by Gasteiger charge is -2.23. The summed E-state index contributed by atoms with van der Waals surface area (Å²) in [5.74, 6) is 0.463. The van der Waals surface area contributed by atoms with Crippen LogP contribution in [-0.2, 0) is 4.79 Å². The number of primary amides is 1. The van der Waals surface area contributed by atoms with Crippen molar-refractivity contribution in [3.05, 3.63) is 29.8 Å². The Hall–Kier alpha value is -1.59. The van der Waals surface area contributed by atoms with Crippen LogP contribution >= 0.6 is 0 Å². The normalized spacial score (nSPS) is 22.9. The van der Waals surface area contributed by atoms with Gasteiger partial charge >= 0.3 is 0 Å². The van der Waals surface area contributed by atoms with Gasteiger partial charge in [0, 0.05) is 26.1 Å². The van der Waals surface area contributed by atoms with E-state index in [1.807, 2.05) is 36.1 Å². The van der Waals surface area contributed by atoms with Crippen LogP contribution in [0.25, 0.3) is 0 Å². The van der Waals surface area contributed by atoms with Crippen LogP contribution in [0, 0.1) is 6.92 Å². The molecule has 20 heavy (non-hydrogen) atoms. The third-order valence-corrected chi connectivity index (χ3v) is 3.58. The lowest BCUT2D eigenvalue weighted by molar-refractivity contribution is -0.118. The molecule has 0 bridgehead atoms. The third-order valence-electron chi connectivity index (χ3n) is 3.58. The molecule has 0 aromatic heterocycles. The van der Waals surface area contributed by atoms with E-state index in [0.29, 0.717) is 25.9 Å². The van der Waals surface area contributed by atoms with E-state index in [2.05, 4.69) is 0 Å². The Kier molecular flexibility index (Phi) is 4.62. The molecule has 1 amide bonds. The highest BCUT2D eigenvalue weighted by atomic mass is 16.5. The number of amides is 1. The summed E-state index contributed by atoms with van der Waals surface area (Å²) >= 11 is 0. The Bertz CT molecular complexity index is 478. The molecule has 0 aliphatic carbocycles. The van der Waals surface area contributed by atoms with Gasteiger partial charge in [0.05, 0.1) is 0 Å². The Morgan fingerprint density at radius 1 is 1.55 bits per heavy atom. The molecule has 1 aliphatic rings. The summed E-state index contributed by atoms with van der Waals surface area (Å²) in [6.45, 7) is 4.15. The second-order valence-electron chi connectivity index (χ2n) is 5.57. The molecule has 0 radical (unpaired) electrons. The number of nitrogens with two attached hydrogens (primary N) is 1. The average molecular weight is 278 g/mol. The fraction of sp³-hybridized carbons (Fsp3) is 0.533. The number of hydrogen-bond donors (Lipinski definition) is 2. The molecule has 0 saturated carbocycles. The SMILES string of the molecule is Cc1cccc(OC[C@@]2(O)CCN(CCC(N)=O)C2)c1. The van der Waals surface area contributed by atoms with E-state index in [4.69, 9.17) is 10.5 Å². The van der Waals surface area contributed by atoms with E-state index in [-0.39, 0.29) is 12.5 Å². The standard InChI is InChI=1S/C15H22N2O3/c1-12-3-2-4-13(9-12)20-11-15(19)6-8-17(10-15)7-5-14(16)18/h2-4,9,19H,5-8,10-11H2,1H3,(H2,16,18)/t15-/m1/s1. The minimum absolute atomic E-state index is 0.267. The van der Waals surface area contributed by atoms with Crippen LogP contribution < -0.4 is 10.5 Å². The molecule has 2 rings (SSSR count). The topological polar surface area (TPSA) is 75.8 Å². The van der Waals surface area contributed by atoms with Crippen molar-refractivity contribution in [1.29, 1.82) is 0 Å². The first-order valence-corrected chi connectivity index (χ1v) is 6.89. The highest BCUT2D eigenvalue weighted by Gasteiger charge is 2.36. The zero-order chi connectivity index (χ0) is 14.6. The Morgan fingerprint density at radius 2 is 2.35 bits per heavy atom. The molecular weight excluding hydrogens is 256 g/mol. The second-order valence-corrected chi connectivity index (χ2v) is 5.57. The summed E-state index contributed by atoms with van der Waals surface area (Å²) in [7, 11) is 0. The van der Waals surface area contributed by atoms with Gasteiger partial charge in [0.25, 0.3) is 0 Å². The number of carbonyl (C=O) groups excluding carboxylic acids is 1. The first-order chi connectivity index (χ1) is 9.47. The van der Waals surface area contributed by atoms with Crippen molar-refractivity contribution in [3.8, 4) is 5.75 Å². The van der Waals surface area contributed by atoms with E-state index in [9.17, 15) is 9.90 Å². The summed E-state index contributed by atoms with van der Waals surface area (Å²) < 4.78 is 5.68. The summed E-state index contributed by atoms with van der Waals surface area (Å²) in [6, 6.07) is 7.77. The summed E-state index contributed by atoms with van der Waals surface area (Å²) in [5.41, 5.74) is 5.42. The third kappa shape index (κ3) is 4.21. The first kappa shape index (κ1) is 14.8. The van der Waals surface area contributed by atoms with Crippen molar-refractivity contribution in [3.63, 3.8) is 0 Å². The molecule has 1 aliphatic heterocycles. The number of benzene rings is 1. The quantitative estimate of drug-likeness (QED) is 0.802. The molecule has 5 heteroatoms. The van der Waals surface area contributed by atoms with Crippen LogP contribution in [-0.4, -0.2) is 47.8 Å². The Balaban J connectivity index is 1.82. The minimum Gasteiger partial charge on any atom is -0.491 e. The van der Waals surface area contributed by atoms with Gasteiger partial charge in [0.2, 0.25) is 5.91 Å².